The Hall–Kier alpha value is -0.950. The van der Waals surface area contributed by atoms with Gasteiger partial charge in [0.2, 0.25) is 0 Å². The molecule has 0 radical (unpaired) electrons. The summed E-state index contributed by atoms with van der Waals surface area (Å²) in [6.07, 6.45) is -0.127. The summed E-state index contributed by atoms with van der Waals surface area (Å²) in [5.41, 5.74) is 0.773. The SMILES string of the molecule is C[C@H]1[C@H]([C@@H](OS(C)(=O)=O)c2ccccc2)OC(C)(C)O[C@H]1C. The molecule has 1 fully saturated rings. The van der Waals surface area contributed by atoms with E-state index in [0.29, 0.717) is 0 Å². The summed E-state index contributed by atoms with van der Waals surface area (Å²) in [6, 6.07) is 9.28. The highest BCUT2D eigenvalue weighted by Crippen LogP contribution is 2.39. The average molecular weight is 328 g/mol. The van der Waals surface area contributed by atoms with Crippen molar-refractivity contribution in [2.24, 2.45) is 5.92 Å². The topological polar surface area (TPSA) is 61.8 Å². The van der Waals surface area contributed by atoms with E-state index in [0.717, 1.165) is 11.8 Å². The molecule has 0 saturated carbocycles. The third-order valence-corrected chi connectivity index (χ3v) is 4.41. The van der Waals surface area contributed by atoms with Crippen molar-refractivity contribution in [1.82, 2.24) is 0 Å². The molecule has 124 valence electrons. The van der Waals surface area contributed by atoms with Crippen molar-refractivity contribution >= 4 is 10.1 Å². The summed E-state index contributed by atoms with van der Waals surface area (Å²) in [4.78, 5) is 0. The summed E-state index contributed by atoms with van der Waals surface area (Å²) < 4.78 is 40.6. The molecule has 1 aliphatic rings. The fraction of sp³-hybridized carbons (Fsp3) is 0.625. The van der Waals surface area contributed by atoms with Gasteiger partial charge in [-0.15, -0.1) is 0 Å². The first kappa shape index (κ1) is 17.4. The van der Waals surface area contributed by atoms with E-state index in [1.54, 1.807) is 0 Å². The predicted octanol–water partition coefficient (Wildman–Crippen LogP) is 2.88. The Morgan fingerprint density at radius 1 is 1.14 bits per heavy atom. The fourth-order valence-corrected chi connectivity index (χ4v) is 3.35. The van der Waals surface area contributed by atoms with Gasteiger partial charge < -0.3 is 9.47 Å². The minimum Gasteiger partial charge on any atom is -0.347 e. The van der Waals surface area contributed by atoms with Gasteiger partial charge in [-0.3, -0.25) is 4.18 Å². The van der Waals surface area contributed by atoms with Gasteiger partial charge in [0.05, 0.1) is 18.5 Å². The van der Waals surface area contributed by atoms with Gasteiger partial charge in [-0.2, -0.15) is 8.42 Å². The van der Waals surface area contributed by atoms with E-state index < -0.39 is 28.1 Å². The molecule has 0 aliphatic carbocycles. The molecule has 0 spiro atoms. The van der Waals surface area contributed by atoms with Crippen molar-refractivity contribution in [1.29, 1.82) is 0 Å². The van der Waals surface area contributed by atoms with Crippen molar-refractivity contribution in [3.8, 4) is 0 Å². The Bertz CT molecular complexity index is 596. The lowest BCUT2D eigenvalue weighted by Crippen LogP contribution is -2.51. The molecule has 1 heterocycles. The highest BCUT2D eigenvalue weighted by molar-refractivity contribution is 7.86. The van der Waals surface area contributed by atoms with Gasteiger partial charge in [0.25, 0.3) is 10.1 Å². The summed E-state index contributed by atoms with van der Waals surface area (Å²) in [6.45, 7) is 7.59. The lowest BCUT2D eigenvalue weighted by atomic mass is 9.89. The second-order valence-corrected chi connectivity index (χ2v) is 7.90. The third kappa shape index (κ3) is 4.29. The van der Waals surface area contributed by atoms with Crippen LogP contribution < -0.4 is 0 Å². The third-order valence-electron chi connectivity index (χ3n) is 3.85. The molecule has 1 aromatic carbocycles. The number of rotatable bonds is 4. The molecule has 22 heavy (non-hydrogen) atoms. The van der Waals surface area contributed by atoms with E-state index in [2.05, 4.69) is 0 Å². The molecule has 0 aromatic heterocycles. The largest absolute Gasteiger partial charge is 0.347 e. The van der Waals surface area contributed by atoms with Gasteiger partial charge in [0.1, 0.15) is 6.10 Å². The van der Waals surface area contributed by atoms with Gasteiger partial charge in [0.15, 0.2) is 5.79 Å². The van der Waals surface area contributed by atoms with Gasteiger partial charge in [-0.25, -0.2) is 0 Å². The molecular weight excluding hydrogens is 304 g/mol. The second kappa shape index (κ2) is 6.28. The van der Waals surface area contributed by atoms with E-state index in [9.17, 15) is 8.42 Å². The molecule has 0 bridgehead atoms. The highest BCUT2D eigenvalue weighted by atomic mass is 32.2. The van der Waals surface area contributed by atoms with E-state index in [1.807, 2.05) is 58.0 Å². The van der Waals surface area contributed by atoms with Crippen molar-refractivity contribution in [3.05, 3.63) is 35.9 Å². The Morgan fingerprint density at radius 3 is 2.27 bits per heavy atom. The summed E-state index contributed by atoms with van der Waals surface area (Å²) >= 11 is 0. The zero-order valence-electron chi connectivity index (χ0n) is 13.6. The molecular formula is C16H24O5S. The zero-order chi connectivity index (χ0) is 16.5. The second-order valence-electron chi connectivity index (χ2n) is 6.30. The molecule has 1 aliphatic heterocycles. The van der Waals surface area contributed by atoms with Crippen molar-refractivity contribution < 1.29 is 22.1 Å². The van der Waals surface area contributed by atoms with Gasteiger partial charge >= 0.3 is 0 Å². The van der Waals surface area contributed by atoms with Gasteiger partial charge in [-0.1, -0.05) is 37.3 Å². The van der Waals surface area contributed by atoms with Crippen molar-refractivity contribution in [3.63, 3.8) is 0 Å². The van der Waals surface area contributed by atoms with Gasteiger partial charge in [-0.05, 0) is 26.3 Å². The molecule has 6 heteroatoms. The van der Waals surface area contributed by atoms with Crippen LogP contribution in [-0.4, -0.2) is 32.7 Å². The van der Waals surface area contributed by atoms with Crippen LogP contribution in [-0.2, 0) is 23.8 Å². The van der Waals surface area contributed by atoms with Crippen molar-refractivity contribution in [2.45, 2.75) is 51.8 Å². The van der Waals surface area contributed by atoms with E-state index in [4.69, 9.17) is 13.7 Å². The molecule has 0 amide bonds. The molecule has 5 nitrogen and oxygen atoms in total. The average Bonchev–Trinajstić information content (AvgIpc) is 2.40. The summed E-state index contributed by atoms with van der Waals surface area (Å²) in [5, 5.41) is 0. The van der Waals surface area contributed by atoms with Crippen LogP contribution in [0.15, 0.2) is 30.3 Å². The number of hydrogen-bond donors (Lipinski definition) is 0. The zero-order valence-corrected chi connectivity index (χ0v) is 14.5. The van der Waals surface area contributed by atoms with Crippen LogP contribution in [0.25, 0.3) is 0 Å². The maximum absolute atomic E-state index is 11.7. The Morgan fingerprint density at radius 2 is 1.73 bits per heavy atom. The maximum Gasteiger partial charge on any atom is 0.265 e. The lowest BCUT2D eigenvalue weighted by Gasteiger charge is -2.46. The fourth-order valence-electron chi connectivity index (χ4n) is 2.75. The van der Waals surface area contributed by atoms with Crippen LogP contribution in [0.2, 0.25) is 0 Å². The first-order valence-corrected chi connectivity index (χ1v) is 9.19. The quantitative estimate of drug-likeness (QED) is 0.795. The standard InChI is InChI=1S/C16H24O5S/c1-11-12(2)19-16(3,4)20-14(11)15(21-22(5,17)18)13-9-7-6-8-10-13/h6-12,14-15H,1-5H3/t11-,12+,14-,15+/m1/s1. The van der Waals surface area contributed by atoms with Crippen molar-refractivity contribution in [2.75, 3.05) is 6.26 Å². The van der Waals surface area contributed by atoms with Crippen LogP contribution in [0.1, 0.15) is 39.4 Å². The Balaban J connectivity index is 2.39. The molecule has 2 rings (SSSR count). The smallest absolute Gasteiger partial charge is 0.265 e. The minimum absolute atomic E-state index is 0.0139. The van der Waals surface area contributed by atoms with E-state index in [-0.39, 0.29) is 12.0 Å². The van der Waals surface area contributed by atoms with Crippen LogP contribution in [0, 0.1) is 5.92 Å². The van der Waals surface area contributed by atoms with Crippen LogP contribution in [0.5, 0.6) is 0 Å². The summed E-state index contributed by atoms with van der Waals surface area (Å²) in [7, 11) is -3.62. The van der Waals surface area contributed by atoms with Crippen LogP contribution in [0.4, 0.5) is 0 Å². The molecule has 0 N–H and O–H groups in total. The monoisotopic (exact) mass is 328 g/mol. The minimum atomic E-state index is -3.62. The molecule has 0 unspecified atom stereocenters. The Kier molecular flexibility index (Phi) is 4.96. The highest BCUT2D eigenvalue weighted by Gasteiger charge is 2.44. The first-order chi connectivity index (χ1) is 10.1. The maximum atomic E-state index is 11.7. The first-order valence-electron chi connectivity index (χ1n) is 7.38. The van der Waals surface area contributed by atoms with Crippen LogP contribution in [0.3, 0.4) is 0 Å². The van der Waals surface area contributed by atoms with E-state index in [1.165, 1.54) is 0 Å². The van der Waals surface area contributed by atoms with E-state index >= 15 is 0 Å². The normalized spacial score (nSPS) is 30.0. The number of ether oxygens (including phenoxy) is 2. The number of benzene rings is 1. The Labute approximate surface area is 132 Å². The van der Waals surface area contributed by atoms with Gasteiger partial charge in [0, 0.05) is 5.92 Å². The molecule has 1 saturated heterocycles. The molecule has 4 atom stereocenters. The summed E-state index contributed by atoms with van der Waals surface area (Å²) in [5.74, 6) is -0.801. The predicted molar refractivity (Wildman–Crippen MR) is 83.8 cm³/mol. The number of hydrogen-bond acceptors (Lipinski definition) is 5. The van der Waals surface area contributed by atoms with Crippen LogP contribution >= 0.6 is 0 Å². The lowest BCUT2D eigenvalue weighted by molar-refractivity contribution is -0.327. The molecule has 1 aromatic rings.